The molecule has 86 valence electrons. The zero-order chi connectivity index (χ0) is 12.1. The Hall–Kier alpha value is -1.20. The van der Waals surface area contributed by atoms with Crippen molar-refractivity contribution in [3.63, 3.8) is 0 Å². The van der Waals surface area contributed by atoms with Gasteiger partial charge in [0.25, 0.3) is 5.91 Å². The molecule has 0 saturated carbocycles. The normalized spacial score (nSPS) is 10.8. The Bertz CT molecular complexity index is 420. The molecule has 0 aliphatic carbocycles. The number of nitrogens with zero attached hydrogens (tertiary/aromatic N) is 1. The number of hydroxylamine groups is 2. The first kappa shape index (κ1) is 12.9. The SMILES string of the molecule is CON(C)C(=O)C=Cc1cc(Br)ccc1F. The third kappa shape index (κ3) is 3.43. The first-order valence-electron chi connectivity index (χ1n) is 4.49. The molecule has 0 bridgehead atoms. The van der Waals surface area contributed by atoms with E-state index in [1.54, 1.807) is 12.1 Å². The summed E-state index contributed by atoms with van der Waals surface area (Å²) >= 11 is 3.23. The Morgan fingerprint density at radius 2 is 2.25 bits per heavy atom. The van der Waals surface area contributed by atoms with Gasteiger partial charge in [0.2, 0.25) is 0 Å². The number of likely N-dealkylation sites (N-methyl/N-ethyl adjacent to an activating group) is 1. The maximum atomic E-state index is 13.3. The fourth-order valence-corrected chi connectivity index (χ4v) is 1.38. The Morgan fingerprint density at radius 1 is 1.56 bits per heavy atom. The number of carbonyl (C=O) groups is 1. The third-order valence-corrected chi connectivity index (χ3v) is 2.44. The van der Waals surface area contributed by atoms with Crippen LogP contribution in [-0.2, 0) is 9.63 Å². The van der Waals surface area contributed by atoms with Gasteiger partial charge in [-0.05, 0) is 24.3 Å². The molecule has 0 saturated heterocycles. The van der Waals surface area contributed by atoms with E-state index in [4.69, 9.17) is 0 Å². The standard InChI is InChI=1S/C11H11BrFNO2/c1-14(16-2)11(15)6-3-8-7-9(12)4-5-10(8)13/h3-7H,1-2H3. The second kappa shape index (κ2) is 5.77. The fourth-order valence-electron chi connectivity index (χ4n) is 0.998. The number of rotatable bonds is 3. The molecule has 16 heavy (non-hydrogen) atoms. The maximum Gasteiger partial charge on any atom is 0.269 e. The smallest absolute Gasteiger partial charge is 0.269 e. The van der Waals surface area contributed by atoms with Crippen molar-refractivity contribution < 1.29 is 14.0 Å². The number of carbonyl (C=O) groups excluding carboxylic acids is 1. The van der Waals surface area contributed by atoms with Crippen molar-refractivity contribution in [1.82, 2.24) is 5.06 Å². The highest BCUT2D eigenvalue weighted by Crippen LogP contribution is 2.16. The van der Waals surface area contributed by atoms with Crippen LogP contribution in [0.15, 0.2) is 28.7 Å². The monoisotopic (exact) mass is 287 g/mol. The van der Waals surface area contributed by atoms with Crippen molar-refractivity contribution in [2.24, 2.45) is 0 Å². The Morgan fingerprint density at radius 3 is 2.88 bits per heavy atom. The molecule has 3 nitrogen and oxygen atoms in total. The van der Waals surface area contributed by atoms with E-state index >= 15 is 0 Å². The Balaban J connectivity index is 2.84. The van der Waals surface area contributed by atoms with E-state index in [0.717, 1.165) is 9.54 Å². The van der Waals surface area contributed by atoms with Crippen LogP contribution >= 0.6 is 15.9 Å². The molecule has 0 radical (unpaired) electrons. The Kier molecular flexibility index (Phi) is 4.64. The highest BCUT2D eigenvalue weighted by atomic mass is 79.9. The summed E-state index contributed by atoms with van der Waals surface area (Å²) in [7, 11) is 2.86. The summed E-state index contributed by atoms with van der Waals surface area (Å²) in [5.74, 6) is -0.741. The van der Waals surface area contributed by atoms with E-state index in [1.807, 2.05) is 0 Å². The molecule has 1 aromatic carbocycles. The van der Waals surface area contributed by atoms with Crippen molar-refractivity contribution in [1.29, 1.82) is 0 Å². The minimum Gasteiger partial charge on any atom is -0.274 e. The maximum absolute atomic E-state index is 13.3. The van der Waals surface area contributed by atoms with Crippen LogP contribution in [0.4, 0.5) is 4.39 Å². The van der Waals surface area contributed by atoms with Gasteiger partial charge in [0.05, 0.1) is 7.11 Å². The molecule has 0 fully saturated rings. The highest BCUT2D eigenvalue weighted by molar-refractivity contribution is 9.10. The number of halogens is 2. The summed E-state index contributed by atoms with van der Waals surface area (Å²) in [6.45, 7) is 0. The summed E-state index contributed by atoms with van der Waals surface area (Å²) in [5.41, 5.74) is 0.340. The van der Waals surface area contributed by atoms with Gasteiger partial charge in [0.15, 0.2) is 0 Å². The molecule has 1 aromatic rings. The minimum absolute atomic E-state index is 0.340. The topological polar surface area (TPSA) is 29.5 Å². The second-order valence-corrected chi connectivity index (χ2v) is 3.93. The molecular weight excluding hydrogens is 277 g/mol. The molecule has 0 aliphatic heterocycles. The number of amides is 1. The van der Waals surface area contributed by atoms with E-state index < -0.39 is 0 Å². The quantitative estimate of drug-likeness (QED) is 0.632. The van der Waals surface area contributed by atoms with E-state index in [9.17, 15) is 9.18 Å². The summed E-state index contributed by atoms with van der Waals surface area (Å²) in [4.78, 5) is 16.0. The van der Waals surface area contributed by atoms with Crippen LogP contribution in [0.5, 0.6) is 0 Å². The van der Waals surface area contributed by atoms with Gasteiger partial charge in [-0.15, -0.1) is 0 Å². The van der Waals surface area contributed by atoms with Crippen LogP contribution in [0.25, 0.3) is 6.08 Å². The average molecular weight is 288 g/mol. The second-order valence-electron chi connectivity index (χ2n) is 3.02. The molecule has 0 heterocycles. The number of benzene rings is 1. The predicted octanol–water partition coefficient (Wildman–Crippen LogP) is 2.62. The van der Waals surface area contributed by atoms with Crippen LogP contribution in [0.1, 0.15) is 5.56 Å². The van der Waals surface area contributed by atoms with Gasteiger partial charge in [-0.1, -0.05) is 15.9 Å². The van der Waals surface area contributed by atoms with Gasteiger partial charge < -0.3 is 0 Å². The lowest BCUT2D eigenvalue weighted by Gasteiger charge is -2.10. The number of hydrogen-bond acceptors (Lipinski definition) is 2. The van der Waals surface area contributed by atoms with E-state index in [0.29, 0.717) is 5.56 Å². The summed E-state index contributed by atoms with van der Waals surface area (Å²) in [6, 6.07) is 4.51. The molecule has 0 unspecified atom stereocenters. The van der Waals surface area contributed by atoms with Crippen molar-refractivity contribution in [2.75, 3.05) is 14.2 Å². The molecule has 0 N–H and O–H groups in total. The van der Waals surface area contributed by atoms with E-state index in [2.05, 4.69) is 20.8 Å². The molecule has 1 amide bonds. The molecule has 0 spiro atoms. The minimum atomic E-state index is -0.382. The van der Waals surface area contributed by atoms with Crippen molar-refractivity contribution >= 4 is 27.9 Å². The highest BCUT2D eigenvalue weighted by Gasteiger charge is 2.04. The van der Waals surface area contributed by atoms with Gasteiger partial charge in [0, 0.05) is 23.2 Å². The summed E-state index contributed by atoms with van der Waals surface area (Å²) in [6.07, 6.45) is 2.65. The lowest BCUT2D eigenvalue weighted by molar-refractivity contribution is -0.162. The van der Waals surface area contributed by atoms with Crippen molar-refractivity contribution in [3.05, 3.63) is 40.1 Å². The Labute approximate surface area is 102 Å². The van der Waals surface area contributed by atoms with Crippen molar-refractivity contribution in [2.45, 2.75) is 0 Å². The van der Waals surface area contributed by atoms with Crippen LogP contribution in [0.2, 0.25) is 0 Å². The number of hydrogen-bond donors (Lipinski definition) is 0. The zero-order valence-corrected chi connectivity index (χ0v) is 10.5. The van der Waals surface area contributed by atoms with Gasteiger partial charge in [-0.2, -0.15) is 0 Å². The lowest BCUT2D eigenvalue weighted by atomic mass is 10.2. The third-order valence-electron chi connectivity index (χ3n) is 1.95. The van der Waals surface area contributed by atoms with Gasteiger partial charge in [-0.3, -0.25) is 9.63 Å². The van der Waals surface area contributed by atoms with E-state index in [1.165, 1.54) is 32.4 Å². The van der Waals surface area contributed by atoms with Gasteiger partial charge in [0.1, 0.15) is 5.82 Å². The first-order valence-corrected chi connectivity index (χ1v) is 5.29. The molecule has 0 atom stereocenters. The van der Waals surface area contributed by atoms with Gasteiger partial charge >= 0.3 is 0 Å². The lowest BCUT2D eigenvalue weighted by Crippen LogP contribution is -2.22. The molecule has 1 rings (SSSR count). The van der Waals surface area contributed by atoms with Crippen LogP contribution in [0, 0.1) is 5.82 Å². The molecular formula is C11H11BrFNO2. The summed E-state index contributed by atoms with van der Waals surface area (Å²) < 4.78 is 14.0. The largest absolute Gasteiger partial charge is 0.274 e. The first-order chi connectivity index (χ1) is 7.54. The molecule has 0 aromatic heterocycles. The van der Waals surface area contributed by atoms with E-state index in [-0.39, 0.29) is 11.7 Å². The molecule has 5 heteroatoms. The average Bonchev–Trinajstić information content (AvgIpc) is 2.28. The van der Waals surface area contributed by atoms with Gasteiger partial charge in [-0.25, -0.2) is 9.45 Å². The van der Waals surface area contributed by atoms with Crippen LogP contribution < -0.4 is 0 Å². The fraction of sp³-hybridized carbons (Fsp3) is 0.182. The molecule has 0 aliphatic rings. The predicted molar refractivity (Wildman–Crippen MR) is 62.9 cm³/mol. The van der Waals surface area contributed by atoms with Crippen LogP contribution in [0.3, 0.4) is 0 Å². The van der Waals surface area contributed by atoms with Crippen molar-refractivity contribution in [3.8, 4) is 0 Å². The zero-order valence-electron chi connectivity index (χ0n) is 8.91. The summed E-state index contributed by atoms with van der Waals surface area (Å²) in [5, 5.41) is 1.05. The van der Waals surface area contributed by atoms with Crippen LogP contribution in [-0.4, -0.2) is 25.1 Å².